The van der Waals surface area contributed by atoms with Crippen molar-refractivity contribution in [1.82, 2.24) is 0 Å². The van der Waals surface area contributed by atoms with Crippen LogP contribution >= 0.6 is 15.9 Å². The molecule has 1 atom stereocenters. The maximum Gasteiger partial charge on any atom is 0.126 e. The lowest BCUT2D eigenvalue weighted by molar-refractivity contribution is 0.576. The number of nitrogens with two attached hydrogens (primary N) is 1. The molecule has 1 nitrogen and oxygen atoms in total. The fraction of sp³-hybridized carbons (Fsp3) is 0.200. The number of aryl methyl sites for hydroxylation is 1. The lowest BCUT2D eigenvalue weighted by Crippen LogP contribution is -2.13. The normalized spacial score (nSPS) is 12.5. The van der Waals surface area contributed by atoms with E-state index >= 15 is 0 Å². The highest BCUT2D eigenvalue weighted by Crippen LogP contribution is 2.22. The monoisotopic (exact) mass is 325 g/mol. The van der Waals surface area contributed by atoms with Crippen molar-refractivity contribution in [2.45, 2.75) is 19.4 Å². The van der Waals surface area contributed by atoms with Crippen LogP contribution in [0.15, 0.2) is 40.9 Å². The Morgan fingerprint density at radius 1 is 1.05 bits per heavy atom. The molecule has 2 N–H and O–H groups in total. The van der Waals surface area contributed by atoms with E-state index in [4.69, 9.17) is 5.73 Å². The highest BCUT2D eigenvalue weighted by Gasteiger charge is 2.10. The summed E-state index contributed by atoms with van der Waals surface area (Å²) in [4.78, 5) is 0. The molecular formula is C15H14BrF2N. The van der Waals surface area contributed by atoms with Crippen LogP contribution in [0.2, 0.25) is 0 Å². The smallest absolute Gasteiger partial charge is 0.126 e. The van der Waals surface area contributed by atoms with Crippen LogP contribution in [0.3, 0.4) is 0 Å². The first-order valence-electron chi connectivity index (χ1n) is 5.91. The molecule has 0 aliphatic heterocycles. The van der Waals surface area contributed by atoms with Gasteiger partial charge in [0, 0.05) is 16.6 Å². The Labute approximate surface area is 119 Å². The minimum Gasteiger partial charge on any atom is -0.324 e. The molecule has 0 spiro atoms. The fourth-order valence-electron chi connectivity index (χ4n) is 2.08. The van der Waals surface area contributed by atoms with Crippen molar-refractivity contribution in [2.24, 2.45) is 5.73 Å². The van der Waals surface area contributed by atoms with E-state index < -0.39 is 11.6 Å². The molecule has 19 heavy (non-hydrogen) atoms. The molecule has 0 heterocycles. The van der Waals surface area contributed by atoms with Gasteiger partial charge in [-0.3, -0.25) is 0 Å². The van der Waals surface area contributed by atoms with E-state index in [0.717, 1.165) is 21.7 Å². The lowest BCUT2D eigenvalue weighted by Gasteiger charge is -2.14. The third-order valence-corrected chi connectivity index (χ3v) is 3.33. The molecule has 2 aromatic rings. The summed E-state index contributed by atoms with van der Waals surface area (Å²) in [5, 5.41) is 0. The summed E-state index contributed by atoms with van der Waals surface area (Å²) in [6.07, 6.45) is 0.393. The molecule has 2 rings (SSSR count). The van der Waals surface area contributed by atoms with Gasteiger partial charge in [0.15, 0.2) is 0 Å². The molecule has 4 heteroatoms. The van der Waals surface area contributed by atoms with Crippen LogP contribution in [-0.4, -0.2) is 0 Å². The van der Waals surface area contributed by atoms with Crippen molar-refractivity contribution >= 4 is 15.9 Å². The van der Waals surface area contributed by atoms with Crippen LogP contribution < -0.4 is 5.73 Å². The van der Waals surface area contributed by atoms with Crippen molar-refractivity contribution in [3.05, 3.63) is 69.2 Å². The van der Waals surface area contributed by atoms with Gasteiger partial charge in [0.25, 0.3) is 0 Å². The van der Waals surface area contributed by atoms with Crippen molar-refractivity contribution < 1.29 is 8.78 Å². The van der Waals surface area contributed by atoms with E-state index in [2.05, 4.69) is 15.9 Å². The molecule has 100 valence electrons. The maximum atomic E-state index is 13.1. The molecule has 0 aromatic heterocycles. The number of rotatable bonds is 3. The van der Waals surface area contributed by atoms with Gasteiger partial charge in [-0.2, -0.15) is 0 Å². The highest BCUT2D eigenvalue weighted by atomic mass is 79.9. The first-order chi connectivity index (χ1) is 8.94. The second-order valence-electron chi connectivity index (χ2n) is 4.65. The molecule has 2 aromatic carbocycles. The first kappa shape index (κ1) is 14.2. The molecule has 0 radical (unpaired) electrons. The Hall–Kier alpha value is -1.26. The van der Waals surface area contributed by atoms with Crippen molar-refractivity contribution in [3.8, 4) is 0 Å². The molecule has 0 amide bonds. The molecule has 0 saturated carbocycles. The summed E-state index contributed by atoms with van der Waals surface area (Å²) >= 11 is 3.41. The van der Waals surface area contributed by atoms with Crippen LogP contribution in [0.5, 0.6) is 0 Å². The van der Waals surface area contributed by atoms with Gasteiger partial charge in [0.1, 0.15) is 11.6 Å². The van der Waals surface area contributed by atoms with Crippen LogP contribution in [0.1, 0.15) is 22.7 Å². The Morgan fingerprint density at radius 2 is 1.68 bits per heavy atom. The lowest BCUT2D eigenvalue weighted by atomic mass is 9.98. The Balaban J connectivity index is 2.22. The SMILES string of the molecule is Cc1cc(Br)cc(C(N)Cc2cc(F)cc(F)c2)c1. The second kappa shape index (κ2) is 5.80. The number of halogens is 3. The van der Waals surface area contributed by atoms with Gasteiger partial charge in [-0.1, -0.05) is 22.0 Å². The number of hydrogen-bond donors (Lipinski definition) is 1. The number of hydrogen-bond acceptors (Lipinski definition) is 1. The zero-order valence-electron chi connectivity index (χ0n) is 10.5. The van der Waals surface area contributed by atoms with Gasteiger partial charge >= 0.3 is 0 Å². The van der Waals surface area contributed by atoms with Gasteiger partial charge in [0.2, 0.25) is 0 Å². The fourth-order valence-corrected chi connectivity index (χ4v) is 2.70. The quantitative estimate of drug-likeness (QED) is 0.895. The average Bonchev–Trinajstić information content (AvgIpc) is 2.25. The molecule has 0 bridgehead atoms. The predicted octanol–water partition coefficient (Wildman–Crippen LogP) is 4.28. The molecule has 0 saturated heterocycles. The number of benzene rings is 2. The Bertz CT molecular complexity index is 558. The zero-order chi connectivity index (χ0) is 14.0. The van der Waals surface area contributed by atoms with E-state index in [1.807, 2.05) is 25.1 Å². The van der Waals surface area contributed by atoms with Gasteiger partial charge in [-0.25, -0.2) is 8.78 Å². The third-order valence-electron chi connectivity index (χ3n) is 2.87. The molecule has 0 fully saturated rings. The predicted molar refractivity (Wildman–Crippen MR) is 75.9 cm³/mol. The third kappa shape index (κ3) is 3.85. The standard InChI is InChI=1S/C15H14BrF2N/c1-9-2-11(7-12(16)3-9)15(19)6-10-4-13(17)8-14(18)5-10/h2-5,7-8,15H,6,19H2,1H3. The van der Waals surface area contributed by atoms with Crippen LogP contribution in [0, 0.1) is 18.6 Å². The van der Waals surface area contributed by atoms with Crippen molar-refractivity contribution in [2.75, 3.05) is 0 Å². The molecule has 1 unspecified atom stereocenters. The maximum absolute atomic E-state index is 13.1. The van der Waals surface area contributed by atoms with Gasteiger partial charge in [-0.05, 0) is 54.3 Å². The second-order valence-corrected chi connectivity index (χ2v) is 5.57. The average molecular weight is 326 g/mol. The summed E-state index contributed by atoms with van der Waals surface area (Å²) in [5.74, 6) is -1.15. The minimum absolute atomic E-state index is 0.294. The minimum atomic E-state index is -0.576. The summed E-state index contributed by atoms with van der Waals surface area (Å²) in [6.45, 7) is 1.98. The van der Waals surface area contributed by atoms with Gasteiger partial charge in [-0.15, -0.1) is 0 Å². The van der Waals surface area contributed by atoms with Crippen LogP contribution in [-0.2, 0) is 6.42 Å². The van der Waals surface area contributed by atoms with E-state index in [0.29, 0.717) is 12.0 Å². The zero-order valence-corrected chi connectivity index (χ0v) is 12.0. The Morgan fingerprint density at radius 3 is 2.26 bits per heavy atom. The van der Waals surface area contributed by atoms with E-state index in [-0.39, 0.29) is 6.04 Å². The van der Waals surface area contributed by atoms with Crippen LogP contribution in [0.25, 0.3) is 0 Å². The van der Waals surface area contributed by atoms with Gasteiger partial charge in [0.05, 0.1) is 0 Å². The Kier molecular flexibility index (Phi) is 4.32. The first-order valence-corrected chi connectivity index (χ1v) is 6.71. The highest BCUT2D eigenvalue weighted by molar-refractivity contribution is 9.10. The molecule has 0 aliphatic rings. The largest absolute Gasteiger partial charge is 0.324 e. The summed E-state index contributed by atoms with van der Waals surface area (Å²) in [5.41, 5.74) is 8.69. The van der Waals surface area contributed by atoms with Crippen LogP contribution in [0.4, 0.5) is 8.78 Å². The van der Waals surface area contributed by atoms with E-state index in [1.165, 1.54) is 12.1 Å². The van der Waals surface area contributed by atoms with E-state index in [9.17, 15) is 8.78 Å². The van der Waals surface area contributed by atoms with Gasteiger partial charge < -0.3 is 5.73 Å². The summed E-state index contributed by atoms with van der Waals surface area (Å²) < 4.78 is 27.2. The van der Waals surface area contributed by atoms with Crippen molar-refractivity contribution in [1.29, 1.82) is 0 Å². The summed E-state index contributed by atoms with van der Waals surface area (Å²) in [6, 6.07) is 9.08. The molecule has 0 aliphatic carbocycles. The molecular weight excluding hydrogens is 312 g/mol. The van der Waals surface area contributed by atoms with Crippen molar-refractivity contribution in [3.63, 3.8) is 0 Å². The summed E-state index contributed by atoms with van der Waals surface area (Å²) in [7, 11) is 0. The van der Waals surface area contributed by atoms with E-state index in [1.54, 1.807) is 0 Å². The topological polar surface area (TPSA) is 26.0 Å².